The standard InChI is InChI=1S/C13H11ClINO4/c1-13(19,12(17)18)6-20-11-9(15)5-8(14)7-3-2-4-16-10(7)11/h2-5,19H,6H2,1H3,(H,17,18). The molecule has 0 amide bonds. The van der Waals surface area contributed by atoms with Gasteiger partial charge in [-0.2, -0.15) is 0 Å². The Hall–Kier alpha value is -1.12. The number of nitrogens with zero attached hydrogens (tertiary/aromatic N) is 1. The molecule has 0 aliphatic carbocycles. The number of fused-ring (bicyclic) bond motifs is 1. The van der Waals surface area contributed by atoms with Crippen LogP contribution in [-0.4, -0.2) is 33.4 Å². The maximum absolute atomic E-state index is 10.9. The third kappa shape index (κ3) is 2.97. The minimum atomic E-state index is -1.97. The Morgan fingerprint density at radius 1 is 1.60 bits per heavy atom. The molecule has 0 saturated carbocycles. The van der Waals surface area contributed by atoms with E-state index in [-0.39, 0.29) is 6.61 Å². The van der Waals surface area contributed by atoms with Gasteiger partial charge < -0.3 is 14.9 Å². The third-order valence-corrected chi connectivity index (χ3v) is 3.82. The average molecular weight is 408 g/mol. The van der Waals surface area contributed by atoms with Crippen molar-refractivity contribution in [2.24, 2.45) is 0 Å². The number of aromatic nitrogens is 1. The van der Waals surface area contributed by atoms with Gasteiger partial charge in [0.2, 0.25) is 0 Å². The second-order valence-electron chi connectivity index (χ2n) is 4.44. The molecule has 0 aliphatic rings. The Bertz CT molecular complexity index is 675. The number of hydrogen-bond acceptors (Lipinski definition) is 4. The Morgan fingerprint density at radius 3 is 2.95 bits per heavy atom. The van der Waals surface area contributed by atoms with Crippen LogP contribution in [0.3, 0.4) is 0 Å². The molecule has 0 radical (unpaired) electrons. The maximum Gasteiger partial charge on any atom is 0.339 e. The van der Waals surface area contributed by atoms with Gasteiger partial charge >= 0.3 is 5.97 Å². The van der Waals surface area contributed by atoms with Gasteiger partial charge in [-0.25, -0.2) is 4.79 Å². The van der Waals surface area contributed by atoms with E-state index in [4.69, 9.17) is 21.4 Å². The molecule has 0 spiro atoms. The quantitative estimate of drug-likeness (QED) is 0.762. The number of carboxylic acid groups (broad SMARTS) is 1. The lowest BCUT2D eigenvalue weighted by Crippen LogP contribution is -2.41. The molecule has 0 saturated heterocycles. The molecular weight excluding hydrogens is 397 g/mol. The molecule has 1 atom stereocenters. The minimum Gasteiger partial charge on any atom is -0.487 e. The summed E-state index contributed by atoms with van der Waals surface area (Å²) < 4.78 is 6.17. The van der Waals surface area contributed by atoms with Crippen LogP contribution in [0.5, 0.6) is 5.75 Å². The number of aliphatic hydroxyl groups is 1. The number of hydrogen-bond donors (Lipinski definition) is 2. The molecule has 106 valence electrons. The minimum absolute atomic E-state index is 0.383. The molecule has 1 unspecified atom stereocenters. The summed E-state index contributed by atoms with van der Waals surface area (Å²) in [5.41, 5.74) is -1.44. The van der Waals surface area contributed by atoms with Crippen molar-refractivity contribution in [3.63, 3.8) is 0 Å². The van der Waals surface area contributed by atoms with Gasteiger partial charge in [-0.05, 0) is 47.7 Å². The normalized spacial score (nSPS) is 14.0. The molecule has 7 heteroatoms. The van der Waals surface area contributed by atoms with Gasteiger partial charge in [-0.15, -0.1) is 0 Å². The van der Waals surface area contributed by atoms with E-state index in [9.17, 15) is 9.90 Å². The molecule has 1 heterocycles. The molecular formula is C13H11ClINO4. The first-order chi connectivity index (χ1) is 9.33. The second-order valence-corrected chi connectivity index (χ2v) is 6.01. The van der Waals surface area contributed by atoms with Gasteiger partial charge in [-0.1, -0.05) is 11.6 Å². The van der Waals surface area contributed by atoms with Gasteiger partial charge in [0.1, 0.15) is 12.1 Å². The number of ether oxygens (including phenoxy) is 1. The van der Waals surface area contributed by atoms with Crippen LogP contribution >= 0.6 is 34.2 Å². The first-order valence-electron chi connectivity index (χ1n) is 5.64. The number of benzene rings is 1. The maximum atomic E-state index is 10.9. The van der Waals surface area contributed by atoms with Crippen molar-refractivity contribution in [2.45, 2.75) is 12.5 Å². The Balaban J connectivity index is 2.42. The third-order valence-electron chi connectivity index (χ3n) is 2.71. The van der Waals surface area contributed by atoms with Gasteiger partial charge in [0, 0.05) is 11.6 Å². The average Bonchev–Trinajstić information content (AvgIpc) is 2.38. The van der Waals surface area contributed by atoms with Crippen LogP contribution in [0.2, 0.25) is 5.02 Å². The zero-order chi connectivity index (χ0) is 14.9. The van der Waals surface area contributed by atoms with Crippen molar-refractivity contribution >= 4 is 51.1 Å². The predicted octanol–water partition coefficient (Wildman–Crippen LogP) is 2.71. The molecule has 2 aromatic rings. The van der Waals surface area contributed by atoms with Crippen molar-refractivity contribution in [3.05, 3.63) is 33.0 Å². The number of halogens is 2. The lowest BCUT2D eigenvalue weighted by molar-refractivity contribution is -0.159. The van der Waals surface area contributed by atoms with E-state index in [1.165, 1.54) is 6.92 Å². The van der Waals surface area contributed by atoms with Gasteiger partial charge in [0.25, 0.3) is 0 Å². The molecule has 0 aliphatic heterocycles. The van der Waals surface area contributed by atoms with E-state index in [0.29, 0.717) is 25.2 Å². The summed E-state index contributed by atoms with van der Waals surface area (Å²) >= 11 is 8.16. The highest BCUT2D eigenvalue weighted by molar-refractivity contribution is 14.1. The fourth-order valence-electron chi connectivity index (χ4n) is 1.56. The number of carboxylic acids is 1. The van der Waals surface area contributed by atoms with Crippen LogP contribution in [0.1, 0.15) is 6.92 Å². The largest absolute Gasteiger partial charge is 0.487 e. The van der Waals surface area contributed by atoms with Crippen molar-refractivity contribution in [2.75, 3.05) is 6.61 Å². The van der Waals surface area contributed by atoms with E-state index in [2.05, 4.69) is 4.98 Å². The number of pyridine rings is 1. The summed E-state index contributed by atoms with van der Waals surface area (Å²) in [6.45, 7) is 0.791. The van der Waals surface area contributed by atoms with Gasteiger partial charge in [0.05, 0.1) is 8.59 Å². The van der Waals surface area contributed by atoms with Crippen LogP contribution in [0.25, 0.3) is 10.9 Å². The van der Waals surface area contributed by atoms with Crippen LogP contribution in [-0.2, 0) is 4.79 Å². The smallest absolute Gasteiger partial charge is 0.339 e. The lowest BCUT2D eigenvalue weighted by Gasteiger charge is -2.19. The zero-order valence-corrected chi connectivity index (χ0v) is 13.3. The number of carbonyl (C=O) groups is 1. The molecule has 1 aromatic heterocycles. The lowest BCUT2D eigenvalue weighted by atomic mass is 10.1. The van der Waals surface area contributed by atoms with E-state index in [0.717, 1.165) is 0 Å². The summed E-state index contributed by atoms with van der Waals surface area (Å²) in [5, 5.41) is 19.8. The summed E-state index contributed by atoms with van der Waals surface area (Å²) in [7, 11) is 0. The predicted molar refractivity (Wildman–Crippen MR) is 83.2 cm³/mol. The first kappa shape index (κ1) is 15.3. The van der Waals surface area contributed by atoms with Crippen LogP contribution in [0, 0.1) is 3.57 Å². The topological polar surface area (TPSA) is 79.7 Å². The summed E-state index contributed by atoms with van der Waals surface area (Å²) in [4.78, 5) is 15.1. The zero-order valence-electron chi connectivity index (χ0n) is 10.4. The van der Waals surface area contributed by atoms with Crippen molar-refractivity contribution < 1.29 is 19.7 Å². The van der Waals surface area contributed by atoms with Gasteiger partial charge in [-0.3, -0.25) is 4.98 Å². The molecule has 5 nitrogen and oxygen atoms in total. The van der Waals surface area contributed by atoms with Crippen LogP contribution in [0.15, 0.2) is 24.4 Å². The van der Waals surface area contributed by atoms with Crippen molar-refractivity contribution in [1.29, 1.82) is 0 Å². The molecule has 0 fully saturated rings. The Labute approximate surface area is 133 Å². The fourth-order valence-corrected chi connectivity index (χ4v) is 2.73. The second kappa shape index (κ2) is 5.71. The van der Waals surface area contributed by atoms with Crippen LogP contribution in [0.4, 0.5) is 0 Å². The molecule has 2 N–H and O–H groups in total. The monoisotopic (exact) mass is 407 g/mol. The number of rotatable bonds is 4. The van der Waals surface area contributed by atoms with Gasteiger partial charge in [0.15, 0.2) is 11.4 Å². The van der Waals surface area contributed by atoms with E-state index < -0.39 is 11.6 Å². The van der Waals surface area contributed by atoms with E-state index >= 15 is 0 Å². The van der Waals surface area contributed by atoms with Crippen molar-refractivity contribution in [1.82, 2.24) is 4.98 Å². The highest BCUT2D eigenvalue weighted by Gasteiger charge is 2.31. The molecule has 0 bridgehead atoms. The highest BCUT2D eigenvalue weighted by Crippen LogP contribution is 2.34. The fraction of sp³-hybridized carbons (Fsp3) is 0.231. The number of aliphatic carboxylic acids is 1. The summed E-state index contributed by atoms with van der Waals surface area (Å²) in [6.07, 6.45) is 1.59. The van der Waals surface area contributed by atoms with Crippen molar-refractivity contribution in [3.8, 4) is 5.75 Å². The Morgan fingerprint density at radius 2 is 2.30 bits per heavy atom. The molecule has 20 heavy (non-hydrogen) atoms. The molecule has 2 rings (SSSR count). The summed E-state index contributed by atoms with van der Waals surface area (Å²) in [5.74, 6) is -0.939. The first-order valence-corrected chi connectivity index (χ1v) is 7.10. The summed E-state index contributed by atoms with van der Waals surface area (Å²) in [6, 6.07) is 5.25. The Kier molecular flexibility index (Phi) is 4.36. The van der Waals surface area contributed by atoms with E-state index in [1.807, 2.05) is 22.6 Å². The molecule has 1 aromatic carbocycles. The SMILES string of the molecule is CC(O)(COc1c(I)cc(Cl)c2cccnc12)C(=O)O. The van der Waals surface area contributed by atoms with Crippen LogP contribution < -0.4 is 4.74 Å². The highest BCUT2D eigenvalue weighted by atomic mass is 127. The van der Waals surface area contributed by atoms with E-state index in [1.54, 1.807) is 24.4 Å².